The third kappa shape index (κ3) is 7.26. The van der Waals surface area contributed by atoms with Gasteiger partial charge in [0.1, 0.15) is 12.7 Å². The fraction of sp³-hybridized carbons (Fsp3) is 0.483. The Kier molecular flexibility index (Phi) is 10.6. The molecule has 2 aromatic rings. The Labute approximate surface area is 261 Å². The summed E-state index contributed by atoms with van der Waals surface area (Å²) in [6.07, 6.45) is -6.54. The second-order valence-corrected chi connectivity index (χ2v) is 10.1. The lowest BCUT2D eigenvalue weighted by molar-refractivity contribution is -0.321. The van der Waals surface area contributed by atoms with Gasteiger partial charge in [-0.1, -0.05) is 18.2 Å². The van der Waals surface area contributed by atoms with Crippen molar-refractivity contribution in [1.82, 2.24) is 13.9 Å². The van der Waals surface area contributed by atoms with Crippen LogP contribution in [0.4, 0.5) is 0 Å². The van der Waals surface area contributed by atoms with Crippen LogP contribution in [0.5, 0.6) is 0 Å². The molecule has 1 aromatic carbocycles. The topological polar surface area (TPSA) is 199 Å². The number of aromatic nitrogens is 3. The largest absolute Gasteiger partial charge is 0.464 e. The number of benzene rings is 1. The Hall–Kier alpha value is -5.03. The summed E-state index contributed by atoms with van der Waals surface area (Å²) in [4.78, 5) is 88.4. The number of rotatable bonds is 10. The summed E-state index contributed by atoms with van der Waals surface area (Å²) >= 11 is 0. The van der Waals surface area contributed by atoms with Crippen molar-refractivity contribution in [3.05, 3.63) is 63.5 Å². The van der Waals surface area contributed by atoms with Gasteiger partial charge >= 0.3 is 41.2 Å². The van der Waals surface area contributed by atoms with Gasteiger partial charge in [0, 0.05) is 27.7 Å². The van der Waals surface area contributed by atoms with E-state index in [4.69, 9.17) is 33.2 Å². The minimum absolute atomic E-state index is 0.00772. The van der Waals surface area contributed by atoms with Crippen LogP contribution in [0.25, 0.3) is 5.69 Å². The van der Waals surface area contributed by atoms with E-state index in [0.29, 0.717) is 0 Å². The van der Waals surface area contributed by atoms with Crippen LogP contribution in [0.15, 0.2) is 52.1 Å². The molecule has 0 amide bonds. The van der Waals surface area contributed by atoms with Crippen molar-refractivity contribution in [2.24, 2.45) is 0 Å². The Bertz CT molecular complexity index is 1620. The Morgan fingerprint density at radius 1 is 0.739 bits per heavy atom. The molecule has 0 radical (unpaired) electrons. The number of para-hydroxylation sites is 1. The maximum absolute atomic E-state index is 13.8. The standard InChI is InChI=1S/C29H33N3O14/c1-6-40-26(37)20-12-13-22(32-29(39)30(28(38)31(20)32)19-10-8-7-9-11-19)46-27-25(44-18(5)36)24(43-17(4)35)23(42-16(3)34)21(45-27)14-41-15(2)33/h7-13,20-25,27H,6,14H2,1-5H3/t20-,21+,22-,23+,24-,25+,27-/m0/s1. The molecule has 1 aromatic heterocycles. The van der Waals surface area contributed by atoms with Gasteiger partial charge in [-0.25, -0.2) is 23.6 Å². The number of carbonyl (C=O) groups excluding carboxylic acids is 5. The molecule has 0 N–H and O–H groups in total. The summed E-state index contributed by atoms with van der Waals surface area (Å²) in [5.74, 6) is -4.09. The van der Waals surface area contributed by atoms with Crippen molar-refractivity contribution < 1.29 is 57.1 Å². The van der Waals surface area contributed by atoms with E-state index >= 15 is 0 Å². The molecule has 3 heterocycles. The van der Waals surface area contributed by atoms with Crippen LogP contribution >= 0.6 is 0 Å². The van der Waals surface area contributed by atoms with Crippen LogP contribution < -0.4 is 11.4 Å². The lowest BCUT2D eigenvalue weighted by Gasteiger charge is -2.44. The fourth-order valence-corrected chi connectivity index (χ4v) is 5.06. The SMILES string of the molecule is CCOC(=O)[C@@H]1C=C[C@H](O[C@@H]2O[C@H](COC(C)=O)[C@@H](OC(C)=O)[C@H](OC(C)=O)[C@H]2OC(C)=O)n2c(=O)n(-c3ccccc3)c(=O)n21. The number of esters is 5. The van der Waals surface area contributed by atoms with Crippen LogP contribution in [0, 0.1) is 0 Å². The van der Waals surface area contributed by atoms with Crippen molar-refractivity contribution in [1.29, 1.82) is 0 Å². The van der Waals surface area contributed by atoms with Crippen LogP contribution in [-0.4, -0.2) is 87.7 Å². The van der Waals surface area contributed by atoms with E-state index in [-0.39, 0.29) is 12.3 Å². The first kappa shape index (κ1) is 33.9. The average Bonchev–Trinajstić information content (AvgIpc) is 3.25. The minimum Gasteiger partial charge on any atom is -0.464 e. The van der Waals surface area contributed by atoms with Gasteiger partial charge in [-0.15, -0.1) is 0 Å². The van der Waals surface area contributed by atoms with Crippen LogP contribution in [0.3, 0.4) is 0 Å². The molecule has 46 heavy (non-hydrogen) atoms. The Morgan fingerprint density at radius 3 is 1.91 bits per heavy atom. The predicted octanol–water partition coefficient (Wildman–Crippen LogP) is 0.0730. The number of carbonyl (C=O) groups is 5. The van der Waals surface area contributed by atoms with Gasteiger partial charge in [0.25, 0.3) is 0 Å². The number of ether oxygens (including phenoxy) is 7. The summed E-state index contributed by atoms with van der Waals surface area (Å²) in [5, 5.41) is 0. The molecule has 0 spiro atoms. The zero-order chi connectivity index (χ0) is 33.7. The van der Waals surface area contributed by atoms with Gasteiger partial charge in [-0.3, -0.25) is 19.2 Å². The minimum atomic E-state index is -1.69. The molecule has 4 rings (SSSR count). The number of nitrogens with zero attached hydrogens (tertiary/aromatic N) is 3. The van der Waals surface area contributed by atoms with Gasteiger partial charge in [0.15, 0.2) is 30.6 Å². The number of fused-ring (bicyclic) bond motifs is 1. The van der Waals surface area contributed by atoms with Crippen LogP contribution in [0.2, 0.25) is 0 Å². The van der Waals surface area contributed by atoms with Crippen LogP contribution in [-0.2, 0) is 57.1 Å². The maximum Gasteiger partial charge on any atom is 0.354 e. The molecular weight excluding hydrogens is 614 g/mol. The fourth-order valence-electron chi connectivity index (χ4n) is 5.06. The second-order valence-electron chi connectivity index (χ2n) is 10.1. The maximum atomic E-state index is 13.8. The van der Waals surface area contributed by atoms with Crippen molar-refractivity contribution in [2.45, 2.75) is 77.6 Å². The Morgan fingerprint density at radius 2 is 1.33 bits per heavy atom. The summed E-state index contributed by atoms with van der Waals surface area (Å²) in [7, 11) is 0. The smallest absolute Gasteiger partial charge is 0.354 e. The van der Waals surface area contributed by atoms with E-state index < -0.39 is 90.8 Å². The van der Waals surface area contributed by atoms with E-state index in [1.54, 1.807) is 25.1 Å². The first-order chi connectivity index (χ1) is 21.8. The van der Waals surface area contributed by atoms with Gasteiger partial charge in [0.2, 0.25) is 6.29 Å². The van der Waals surface area contributed by atoms with Gasteiger partial charge in [-0.05, 0) is 31.2 Å². The summed E-state index contributed by atoms with van der Waals surface area (Å²) in [6.45, 7) is 5.37. The Balaban J connectivity index is 1.83. The highest BCUT2D eigenvalue weighted by molar-refractivity contribution is 5.76. The normalized spacial score (nSPS) is 25.1. The summed E-state index contributed by atoms with van der Waals surface area (Å²) < 4.78 is 41.0. The molecular formula is C29H33N3O14. The highest BCUT2D eigenvalue weighted by Gasteiger charge is 2.53. The van der Waals surface area contributed by atoms with E-state index in [1.165, 1.54) is 24.3 Å². The predicted molar refractivity (Wildman–Crippen MR) is 151 cm³/mol. The quantitative estimate of drug-likeness (QED) is 0.191. The molecule has 1 fully saturated rings. The molecule has 2 aliphatic rings. The molecule has 0 saturated carbocycles. The highest BCUT2D eigenvalue weighted by atomic mass is 16.7. The van der Waals surface area contributed by atoms with Crippen molar-refractivity contribution in [3.8, 4) is 5.69 Å². The molecule has 248 valence electrons. The number of hydrogen-bond acceptors (Lipinski definition) is 14. The van der Waals surface area contributed by atoms with Crippen molar-refractivity contribution in [3.63, 3.8) is 0 Å². The monoisotopic (exact) mass is 647 g/mol. The van der Waals surface area contributed by atoms with E-state index in [1.807, 2.05) is 0 Å². The molecule has 17 heteroatoms. The van der Waals surface area contributed by atoms with Crippen LogP contribution in [0.1, 0.15) is 46.9 Å². The van der Waals surface area contributed by atoms with E-state index in [2.05, 4.69) is 0 Å². The van der Waals surface area contributed by atoms with Crippen molar-refractivity contribution >= 4 is 29.8 Å². The summed E-state index contributed by atoms with van der Waals surface area (Å²) in [5.41, 5.74) is -1.61. The molecule has 17 nitrogen and oxygen atoms in total. The third-order valence-electron chi connectivity index (χ3n) is 6.73. The first-order valence-electron chi connectivity index (χ1n) is 14.2. The molecule has 1 saturated heterocycles. The van der Waals surface area contributed by atoms with E-state index in [0.717, 1.165) is 41.6 Å². The molecule has 7 atom stereocenters. The highest BCUT2D eigenvalue weighted by Crippen LogP contribution is 2.33. The average molecular weight is 648 g/mol. The zero-order valence-corrected chi connectivity index (χ0v) is 25.6. The zero-order valence-electron chi connectivity index (χ0n) is 25.6. The lowest BCUT2D eigenvalue weighted by atomic mass is 9.98. The van der Waals surface area contributed by atoms with Gasteiger partial charge in [-0.2, -0.15) is 4.68 Å². The van der Waals surface area contributed by atoms with Gasteiger partial charge < -0.3 is 33.2 Å². The summed E-state index contributed by atoms with van der Waals surface area (Å²) in [6, 6.07) is 6.56. The lowest BCUT2D eigenvalue weighted by Crippen LogP contribution is -2.63. The molecule has 0 aliphatic carbocycles. The van der Waals surface area contributed by atoms with Gasteiger partial charge in [0.05, 0.1) is 12.3 Å². The number of hydrogen-bond donors (Lipinski definition) is 0. The third-order valence-corrected chi connectivity index (χ3v) is 6.73. The molecule has 0 unspecified atom stereocenters. The first-order valence-corrected chi connectivity index (χ1v) is 14.2. The molecule has 2 aliphatic heterocycles. The van der Waals surface area contributed by atoms with E-state index in [9.17, 15) is 33.6 Å². The second kappa shape index (κ2) is 14.4. The molecule has 0 bridgehead atoms. The van der Waals surface area contributed by atoms with Crippen molar-refractivity contribution in [2.75, 3.05) is 13.2 Å².